The van der Waals surface area contributed by atoms with Gasteiger partial charge < -0.3 is 15.0 Å². The van der Waals surface area contributed by atoms with Crippen molar-refractivity contribution in [3.63, 3.8) is 0 Å². The SMILES string of the molecule is CNCC1CCN(C(=O)C(C)(C)OC)CC1. The predicted octanol–water partition coefficient (Wildman–Crippen LogP) is 0.869. The molecule has 1 aliphatic heterocycles. The van der Waals surface area contributed by atoms with Crippen molar-refractivity contribution < 1.29 is 9.53 Å². The summed E-state index contributed by atoms with van der Waals surface area (Å²) in [5.74, 6) is 0.817. The second kappa shape index (κ2) is 5.64. The summed E-state index contributed by atoms with van der Waals surface area (Å²) < 4.78 is 5.22. The minimum atomic E-state index is -0.685. The van der Waals surface area contributed by atoms with Gasteiger partial charge in [0.2, 0.25) is 0 Å². The Kier molecular flexibility index (Phi) is 4.74. The number of ether oxygens (including phenoxy) is 1. The van der Waals surface area contributed by atoms with E-state index in [1.54, 1.807) is 7.11 Å². The molecule has 1 rings (SSSR count). The summed E-state index contributed by atoms with van der Waals surface area (Å²) in [6.45, 7) is 6.43. The smallest absolute Gasteiger partial charge is 0.254 e. The Morgan fingerprint density at radius 2 is 2.00 bits per heavy atom. The second-order valence-electron chi connectivity index (χ2n) is 5.01. The molecule has 1 heterocycles. The molecule has 0 bridgehead atoms. The Balaban J connectivity index is 2.45. The largest absolute Gasteiger partial charge is 0.369 e. The van der Waals surface area contributed by atoms with Gasteiger partial charge in [0.05, 0.1) is 0 Å². The number of rotatable bonds is 4. The van der Waals surface area contributed by atoms with Crippen molar-refractivity contribution in [1.82, 2.24) is 10.2 Å². The zero-order chi connectivity index (χ0) is 12.2. The number of piperidine rings is 1. The van der Waals surface area contributed by atoms with Crippen LogP contribution in [0.4, 0.5) is 0 Å². The van der Waals surface area contributed by atoms with Crippen molar-refractivity contribution in [2.45, 2.75) is 32.3 Å². The van der Waals surface area contributed by atoms with Crippen LogP contribution in [0.3, 0.4) is 0 Å². The van der Waals surface area contributed by atoms with E-state index in [2.05, 4.69) is 5.32 Å². The number of carbonyl (C=O) groups is 1. The van der Waals surface area contributed by atoms with E-state index >= 15 is 0 Å². The maximum Gasteiger partial charge on any atom is 0.254 e. The number of nitrogens with zero attached hydrogens (tertiary/aromatic N) is 1. The molecule has 0 spiro atoms. The van der Waals surface area contributed by atoms with E-state index in [4.69, 9.17) is 4.74 Å². The van der Waals surface area contributed by atoms with Crippen LogP contribution in [-0.2, 0) is 9.53 Å². The van der Waals surface area contributed by atoms with Crippen LogP contribution in [0, 0.1) is 5.92 Å². The first kappa shape index (κ1) is 13.5. The molecular formula is C12H24N2O2. The third-order valence-corrected chi connectivity index (χ3v) is 3.42. The Labute approximate surface area is 98.3 Å². The number of likely N-dealkylation sites (tertiary alicyclic amines) is 1. The molecule has 0 radical (unpaired) electrons. The van der Waals surface area contributed by atoms with Gasteiger partial charge in [0.15, 0.2) is 0 Å². The van der Waals surface area contributed by atoms with E-state index in [0.29, 0.717) is 5.92 Å². The van der Waals surface area contributed by atoms with Crippen LogP contribution in [0.15, 0.2) is 0 Å². The first-order valence-electron chi connectivity index (χ1n) is 6.00. The lowest BCUT2D eigenvalue weighted by Gasteiger charge is -2.36. The quantitative estimate of drug-likeness (QED) is 0.776. The lowest BCUT2D eigenvalue weighted by molar-refractivity contribution is -0.152. The van der Waals surface area contributed by atoms with Gasteiger partial charge >= 0.3 is 0 Å². The average molecular weight is 228 g/mol. The van der Waals surface area contributed by atoms with Gasteiger partial charge in [-0.1, -0.05) is 0 Å². The number of hydrogen-bond acceptors (Lipinski definition) is 3. The lowest BCUT2D eigenvalue weighted by atomic mass is 9.95. The van der Waals surface area contributed by atoms with Gasteiger partial charge in [-0.15, -0.1) is 0 Å². The number of hydrogen-bond donors (Lipinski definition) is 1. The average Bonchev–Trinajstić information content (AvgIpc) is 2.29. The number of nitrogens with one attached hydrogen (secondary N) is 1. The van der Waals surface area contributed by atoms with Gasteiger partial charge in [-0.05, 0) is 46.2 Å². The molecule has 0 aromatic heterocycles. The van der Waals surface area contributed by atoms with Gasteiger partial charge in [-0.3, -0.25) is 4.79 Å². The van der Waals surface area contributed by atoms with Gasteiger partial charge in [-0.25, -0.2) is 0 Å². The van der Waals surface area contributed by atoms with Crippen LogP contribution in [0.5, 0.6) is 0 Å². The summed E-state index contributed by atoms with van der Waals surface area (Å²) >= 11 is 0. The van der Waals surface area contributed by atoms with Crippen LogP contribution in [0.2, 0.25) is 0 Å². The first-order chi connectivity index (χ1) is 7.51. The lowest BCUT2D eigenvalue weighted by Crippen LogP contribution is -2.49. The number of amides is 1. The molecule has 4 nitrogen and oxygen atoms in total. The van der Waals surface area contributed by atoms with Crippen molar-refractivity contribution in [2.75, 3.05) is 33.8 Å². The highest BCUT2D eigenvalue weighted by Crippen LogP contribution is 2.20. The minimum Gasteiger partial charge on any atom is -0.369 e. The summed E-state index contributed by atoms with van der Waals surface area (Å²) in [6, 6.07) is 0. The van der Waals surface area contributed by atoms with Crippen molar-refractivity contribution in [3.05, 3.63) is 0 Å². The molecule has 0 saturated carbocycles. The molecule has 0 aliphatic carbocycles. The van der Waals surface area contributed by atoms with Crippen molar-refractivity contribution in [3.8, 4) is 0 Å². The fourth-order valence-corrected chi connectivity index (χ4v) is 2.10. The maximum absolute atomic E-state index is 12.1. The molecule has 94 valence electrons. The summed E-state index contributed by atoms with van der Waals surface area (Å²) in [5.41, 5.74) is -0.685. The Morgan fingerprint density at radius 1 is 1.44 bits per heavy atom. The fraction of sp³-hybridized carbons (Fsp3) is 0.917. The maximum atomic E-state index is 12.1. The highest BCUT2D eigenvalue weighted by molar-refractivity contribution is 5.84. The zero-order valence-corrected chi connectivity index (χ0v) is 10.9. The monoisotopic (exact) mass is 228 g/mol. The summed E-state index contributed by atoms with van der Waals surface area (Å²) in [7, 11) is 3.57. The van der Waals surface area contributed by atoms with Gasteiger partial charge in [0.1, 0.15) is 5.60 Å². The third-order valence-electron chi connectivity index (χ3n) is 3.42. The molecule has 1 fully saturated rings. The molecule has 1 amide bonds. The molecule has 0 unspecified atom stereocenters. The van der Waals surface area contributed by atoms with Crippen LogP contribution < -0.4 is 5.32 Å². The summed E-state index contributed by atoms with van der Waals surface area (Å²) in [5, 5.41) is 3.19. The van der Waals surface area contributed by atoms with E-state index in [1.165, 1.54) is 0 Å². The Morgan fingerprint density at radius 3 is 2.44 bits per heavy atom. The van der Waals surface area contributed by atoms with Gasteiger partial charge in [-0.2, -0.15) is 0 Å². The molecule has 1 aliphatic rings. The highest BCUT2D eigenvalue weighted by Gasteiger charge is 2.33. The molecule has 1 saturated heterocycles. The molecule has 4 heteroatoms. The van der Waals surface area contributed by atoms with Crippen LogP contribution in [0.25, 0.3) is 0 Å². The molecule has 0 aromatic rings. The van der Waals surface area contributed by atoms with Crippen LogP contribution >= 0.6 is 0 Å². The minimum absolute atomic E-state index is 0.109. The van der Waals surface area contributed by atoms with E-state index in [-0.39, 0.29) is 5.91 Å². The molecule has 0 atom stereocenters. The second-order valence-corrected chi connectivity index (χ2v) is 5.01. The third kappa shape index (κ3) is 3.19. The molecule has 1 N–H and O–H groups in total. The van der Waals surface area contributed by atoms with Gasteiger partial charge in [0.25, 0.3) is 5.91 Å². The van der Waals surface area contributed by atoms with Crippen molar-refractivity contribution in [1.29, 1.82) is 0 Å². The number of carbonyl (C=O) groups excluding carboxylic acids is 1. The normalized spacial score (nSPS) is 18.9. The highest BCUT2D eigenvalue weighted by atomic mass is 16.5. The van der Waals surface area contributed by atoms with E-state index in [0.717, 1.165) is 32.5 Å². The van der Waals surface area contributed by atoms with Gasteiger partial charge in [0, 0.05) is 20.2 Å². The van der Waals surface area contributed by atoms with E-state index in [9.17, 15) is 4.79 Å². The standard InChI is InChI=1S/C12H24N2O2/c1-12(2,16-4)11(15)14-7-5-10(6-8-14)9-13-3/h10,13H,5-9H2,1-4H3. The van der Waals surface area contributed by atoms with E-state index < -0.39 is 5.60 Å². The summed E-state index contributed by atoms with van der Waals surface area (Å²) in [4.78, 5) is 14.0. The van der Waals surface area contributed by atoms with E-state index in [1.807, 2.05) is 25.8 Å². The molecule has 0 aromatic carbocycles. The van der Waals surface area contributed by atoms with Crippen molar-refractivity contribution in [2.24, 2.45) is 5.92 Å². The topological polar surface area (TPSA) is 41.6 Å². The Hall–Kier alpha value is -0.610. The number of methoxy groups -OCH3 is 1. The predicted molar refractivity (Wildman–Crippen MR) is 64.3 cm³/mol. The zero-order valence-electron chi connectivity index (χ0n) is 10.9. The van der Waals surface area contributed by atoms with Crippen LogP contribution in [0.1, 0.15) is 26.7 Å². The van der Waals surface area contributed by atoms with Crippen molar-refractivity contribution >= 4 is 5.91 Å². The molecular weight excluding hydrogens is 204 g/mol. The summed E-state index contributed by atoms with van der Waals surface area (Å²) in [6.07, 6.45) is 2.18. The first-order valence-corrected chi connectivity index (χ1v) is 6.00. The molecule has 16 heavy (non-hydrogen) atoms. The Bertz CT molecular complexity index is 233. The van der Waals surface area contributed by atoms with Crippen LogP contribution in [-0.4, -0.2) is 50.2 Å². The fourth-order valence-electron chi connectivity index (χ4n) is 2.10.